The first-order valence-corrected chi connectivity index (χ1v) is 11.6. The maximum atomic E-state index is 12.4. The van der Waals surface area contributed by atoms with E-state index in [-0.39, 0.29) is 18.8 Å². The van der Waals surface area contributed by atoms with Gasteiger partial charge < -0.3 is 24.1 Å². The Labute approximate surface area is 203 Å². The molecule has 1 aliphatic rings. The zero-order chi connectivity index (χ0) is 25.0. The lowest BCUT2D eigenvalue weighted by Crippen LogP contribution is -2.41. The van der Waals surface area contributed by atoms with Crippen molar-refractivity contribution < 1.29 is 23.6 Å². The number of amides is 1. The molecule has 1 N–H and O–H groups in total. The summed E-state index contributed by atoms with van der Waals surface area (Å²) in [6.07, 6.45) is 1.47. The van der Waals surface area contributed by atoms with Crippen LogP contribution in [0, 0.1) is 0 Å². The van der Waals surface area contributed by atoms with Gasteiger partial charge in [-0.3, -0.25) is 0 Å². The van der Waals surface area contributed by atoms with Crippen LogP contribution in [0.5, 0.6) is 5.75 Å². The molecule has 1 saturated heterocycles. The lowest BCUT2D eigenvalue weighted by atomic mass is 9.77. The van der Waals surface area contributed by atoms with Crippen LogP contribution in [-0.2, 0) is 20.7 Å². The number of hydrogen-bond donors (Lipinski definition) is 1. The third kappa shape index (κ3) is 7.11. The molecule has 0 saturated carbocycles. The van der Waals surface area contributed by atoms with Crippen molar-refractivity contribution >= 4 is 19.3 Å². The van der Waals surface area contributed by atoms with Crippen LogP contribution in [0.15, 0.2) is 60.1 Å². The Hall–Kier alpha value is -2.77. The van der Waals surface area contributed by atoms with Crippen molar-refractivity contribution in [1.82, 2.24) is 5.32 Å². The van der Waals surface area contributed by atoms with Gasteiger partial charge in [-0.15, -0.1) is 0 Å². The molecule has 7 heteroatoms. The average Bonchev–Trinajstić information content (AvgIpc) is 2.97. The average molecular weight is 465 g/mol. The third-order valence-corrected chi connectivity index (χ3v) is 5.86. The summed E-state index contributed by atoms with van der Waals surface area (Å²) in [4.78, 5) is 12.4. The lowest BCUT2D eigenvalue weighted by molar-refractivity contribution is 0.00578. The van der Waals surface area contributed by atoms with Gasteiger partial charge in [0.25, 0.3) is 0 Å². The Morgan fingerprint density at radius 1 is 0.971 bits per heavy atom. The minimum absolute atomic E-state index is 0.206. The Balaban J connectivity index is 1.73. The SMILES string of the molecule is CC(C)(C)Oc1ccc(C=C(CNC(=O)OCc2ccccc2)B2OC(C)(C)C(C)(C)O2)cc1. The van der Waals surface area contributed by atoms with E-state index in [1.165, 1.54) is 0 Å². The largest absolute Gasteiger partial charge is 0.492 e. The second-order valence-electron chi connectivity index (χ2n) is 10.5. The summed E-state index contributed by atoms with van der Waals surface area (Å²) in [5, 5.41) is 2.83. The third-order valence-electron chi connectivity index (χ3n) is 5.86. The molecule has 182 valence electrons. The van der Waals surface area contributed by atoms with Crippen LogP contribution in [0.25, 0.3) is 6.08 Å². The first-order chi connectivity index (χ1) is 15.8. The van der Waals surface area contributed by atoms with Crippen molar-refractivity contribution in [3.8, 4) is 5.75 Å². The van der Waals surface area contributed by atoms with Gasteiger partial charge in [0.2, 0.25) is 0 Å². The summed E-state index contributed by atoms with van der Waals surface area (Å²) in [5.74, 6) is 0.796. The van der Waals surface area contributed by atoms with Crippen molar-refractivity contribution in [1.29, 1.82) is 0 Å². The molecule has 1 fully saturated rings. The molecule has 2 aromatic carbocycles. The quantitative estimate of drug-likeness (QED) is 0.523. The highest BCUT2D eigenvalue weighted by molar-refractivity contribution is 6.56. The van der Waals surface area contributed by atoms with Gasteiger partial charge >= 0.3 is 13.2 Å². The number of benzene rings is 2. The van der Waals surface area contributed by atoms with Gasteiger partial charge in [-0.1, -0.05) is 48.5 Å². The number of carbonyl (C=O) groups excluding carboxylic acids is 1. The van der Waals surface area contributed by atoms with Crippen LogP contribution in [0.1, 0.15) is 59.6 Å². The van der Waals surface area contributed by atoms with Gasteiger partial charge in [0, 0.05) is 6.54 Å². The summed E-state index contributed by atoms with van der Waals surface area (Å²) < 4.78 is 23.8. The fraction of sp³-hybridized carbons (Fsp3) is 0.444. The van der Waals surface area contributed by atoms with E-state index in [0.717, 1.165) is 22.3 Å². The number of rotatable bonds is 7. The minimum atomic E-state index is -0.593. The molecule has 34 heavy (non-hydrogen) atoms. The molecule has 0 radical (unpaired) electrons. The topological polar surface area (TPSA) is 66.0 Å². The van der Waals surface area contributed by atoms with E-state index >= 15 is 0 Å². The standard InChI is InChI=1S/C27H36BNO5/c1-25(2,3)32-23-15-13-20(14-16-23)17-22(28-33-26(4,5)27(6,7)34-28)18-29-24(30)31-19-21-11-9-8-10-12-21/h8-17H,18-19H2,1-7H3,(H,29,30). The van der Waals surface area contributed by atoms with Gasteiger partial charge in [-0.2, -0.15) is 0 Å². The van der Waals surface area contributed by atoms with E-state index in [9.17, 15) is 4.79 Å². The highest BCUT2D eigenvalue weighted by atomic mass is 16.7. The molecular weight excluding hydrogens is 429 g/mol. The molecule has 0 aliphatic carbocycles. The first kappa shape index (κ1) is 25.9. The molecule has 1 amide bonds. The summed E-state index contributed by atoms with van der Waals surface area (Å²) in [6.45, 7) is 14.5. The van der Waals surface area contributed by atoms with Crippen LogP contribution in [-0.4, -0.2) is 36.6 Å². The Morgan fingerprint density at radius 2 is 1.56 bits per heavy atom. The molecule has 0 spiro atoms. The van der Waals surface area contributed by atoms with Crippen LogP contribution in [0.2, 0.25) is 0 Å². The predicted molar refractivity (Wildman–Crippen MR) is 136 cm³/mol. The number of ether oxygens (including phenoxy) is 2. The molecule has 2 aromatic rings. The number of alkyl carbamates (subject to hydrolysis) is 1. The van der Waals surface area contributed by atoms with E-state index in [2.05, 4.69) is 5.32 Å². The highest BCUT2D eigenvalue weighted by Gasteiger charge is 2.52. The van der Waals surface area contributed by atoms with Crippen molar-refractivity contribution in [2.45, 2.75) is 71.9 Å². The smallest absolute Gasteiger partial charge is 0.488 e. The second kappa shape index (κ2) is 10.2. The fourth-order valence-electron chi connectivity index (χ4n) is 3.34. The summed E-state index contributed by atoms with van der Waals surface area (Å²) in [7, 11) is -0.593. The van der Waals surface area contributed by atoms with Crippen LogP contribution < -0.4 is 10.1 Å². The van der Waals surface area contributed by atoms with Crippen LogP contribution in [0.4, 0.5) is 4.79 Å². The van der Waals surface area contributed by atoms with Crippen LogP contribution in [0.3, 0.4) is 0 Å². The van der Waals surface area contributed by atoms with E-state index < -0.39 is 24.4 Å². The van der Waals surface area contributed by atoms with E-state index in [4.69, 9.17) is 18.8 Å². The monoisotopic (exact) mass is 465 g/mol. The maximum Gasteiger partial charge on any atom is 0.492 e. The molecular formula is C27H36BNO5. The number of hydrogen-bond acceptors (Lipinski definition) is 5. The number of carbonyl (C=O) groups is 1. The summed E-state index contributed by atoms with van der Waals surface area (Å²) >= 11 is 0. The van der Waals surface area contributed by atoms with E-state index in [0.29, 0.717) is 0 Å². The van der Waals surface area contributed by atoms with Gasteiger partial charge in [0.05, 0.1) is 11.2 Å². The van der Waals surface area contributed by atoms with Gasteiger partial charge in [-0.05, 0) is 77.2 Å². The molecule has 0 bridgehead atoms. The van der Waals surface area contributed by atoms with E-state index in [1.54, 1.807) is 0 Å². The van der Waals surface area contributed by atoms with Crippen molar-refractivity contribution in [2.75, 3.05) is 6.54 Å². The minimum Gasteiger partial charge on any atom is -0.488 e. The Morgan fingerprint density at radius 3 is 2.12 bits per heavy atom. The lowest BCUT2D eigenvalue weighted by Gasteiger charge is -2.32. The normalized spacial score (nSPS) is 17.4. The van der Waals surface area contributed by atoms with Gasteiger partial charge in [0.15, 0.2) is 0 Å². The zero-order valence-corrected chi connectivity index (χ0v) is 21.3. The predicted octanol–water partition coefficient (Wildman–Crippen LogP) is 5.81. The molecule has 6 nitrogen and oxygen atoms in total. The molecule has 1 heterocycles. The maximum absolute atomic E-state index is 12.4. The van der Waals surface area contributed by atoms with E-state index in [1.807, 2.05) is 109 Å². The summed E-state index contributed by atoms with van der Waals surface area (Å²) in [5.41, 5.74) is 1.42. The Kier molecular flexibility index (Phi) is 7.79. The Bertz CT molecular complexity index is 978. The molecule has 0 atom stereocenters. The fourth-order valence-corrected chi connectivity index (χ4v) is 3.34. The van der Waals surface area contributed by atoms with Crippen molar-refractivity contribution in [3.05, 3.63) is 71.2 Å². The van der Waals surface area contributed by atoms with Gasteiger partial charge in [-0.25, -0.2) is 4.79 Å². The molecule has 0 aromatic heterocycles. The molecule has 3 rings (SSSR count). The van der Waals surface area contributed by atoms with Crippen molar-refractivity contribution in [3.63, 3.8) is 0 Å². The second-order valence-corrected chi connectivity index (χ2v) is 10.5. The first-order valence-electron chi connectivity index (χ1n) is 11.6. The van der Waals surface area contributed by atoms with Crippen molar-refractivity contribution in [2.24, 2.45) is 0 Å². The van der Waals surface area contributed by atoms with Crippen LogP contribution >= 0.6 is 0 Å². The molecule has 1 aliphatic heterocycles. The van der Waals surface area contributed by atoms with Gasteiger partial charge in [0.1, 0.15) is 18.0 Å². The zero-order valence-electron chi connectivity index (χ0n) is 21.3. The number of nitrogens with one attached hydrogen (secondary N) is 1. The summed E-state index contributed by atoms with van der Waals surface area (Å²) in [6, 6.07) is 17.4. The highest BCUT2D eigenvalue weighted by Crippen LogP contribution is 2.38. The molecule has 0 unspecified atom stereocenters.